The maximum Gasteiger partial charge on any atom is 0.228 e. The predicted octanol–water partition coefficient (Wildman–Crippen LogP) is 4.92. The summed E-state index contributed by atoms with van der Waals surface area (Å²) in [6.07, 6.45) is 5.30. The molecule has 0 bridgehead atoms. The number of hydrogen-bond donors (Lipinski definition) is 2. The molecule has 3 aromatic heterocycles. The van der Waals surface area contributed by atoms with Crippen molar-refractivity contribution in [3.63, 3.8) is 0 Å². The van der Waals surface area contributed by atoms with E-state index in [1.165, 1.54) is 22.7 Å². The second kappa shape index (κ2) is 8.98. The monoisotopic (exact) mass is 429 g/mol. The molecular weight excluding hydrogens is 406 g/mol. The normalized spacial score (nSPS) is 16.6. The molecule has 0 saturated carbocycles. The van der Waals surface area contributed by atoms with Crippen LogP contribution >= 0.6 is 22.7 Å². The van der Waals surface area contributed by atoms with Crippen LogP contribution in [0.25, 0.3) is 10.6 Å². The van der Waals surface area contributed by atoms with Crippen molar-refractivity contribution in [3.05, 3.63) is 35.0 Å². The van der Waals surface area contributed by atoms with Gasteiger partial charge >= 0.3 is 0 Å². The van der Waals surface area contributed by atoms with E-state index in [0.29, 0.717) is 11.6 Å². The molecule has 0 aliphatic carbocycles. The Balaban J connectivity index is 1.42. The minimum atomic E-state index is -0.0524. The number of aryl methyl sites for hydroxylation is 2. The van der Waals surface area contributed by atoms with Crippen LogP contribution in [0.15, 0.2) is 23.7 Å². The second-order valence-corrected chi connectivity index (χ2v) is 8.86. The molecule has 1 aliphatic heterocycles. The first kappa shape index (κ1) is 19.9. The van der Waals surface area contributed by atoms with Crippen molar-refractivity contribution >= 4 is 44.7 Å². The zero-order chi connectivity index (χ0) is 20.2. The van der Waals surface area contributed by atoms with Crippen LogP contribution in [-0.4, -0.2) is 33.6 Å². The van der Waals surface area contributed by atoms with Crippen LogP contribution < -0.4 is 10.6 Å². The van der Waals surface area contributed by atoms with Crippen molar-refractivity contribution < 1.29 is 9.53 Å². The lowest BCUT2D eigenvalue weighted by Gasteiger charge is -2.21. The molecule has 1 atom stereocenters. The molecule has 29 heavy (non-hydrogen) atoms. The summed E-state index contributed by atoms with van der Waals surface area (Å²) >= 11 is 2.96. The zero-order valence-corrected chi connectivity index (χ0v) is 18.0. The standard InChI is InChI=1S/C20H23N5O2S2/c1-12-6-5-8-21-18(12)25-19-23-15(11-28-19)17-13(2)22-20(29-17)24-16(26)10-14-7-3-4-9-27-14/h5-6,8,11,14H,3-4,7,9-10H2,1-2H3,(H,21,23,25)(H,22,24,26)/t14-/m0/s1. The molecule has 4 heterocycles. The van der Waals surface area contributed by atoms with Crippen LogP contribution in [0.3, 0.4) is 0 Å². The average Bonchev–Trinajstić information content (AvgIpc) is 3.30. The number of carbonyl (C=O) groups is 1. The summed E-state index contributed by atoms with van der Waals surface area (Å²) in [4.78, 5) is 26.8. The number of carbonyl (C=O) groups excluding carboxylic acids is 1. The predicted molar refractivity (Wildman–Crippen MR) is 117 cm³/mol. The molecule has 1 saturated heterocycles. The van der Waals surface area contributed by atoms with Crippen LogP contribution in [0.1, 0.15) is 36.9 Å². The third kappa shape index (κ3) is 4.98. The smallest absolute Gasteiger partial charge is 0.228 e. The van der Waals surface area contributed by atoms with Crippen LogP contribution in [0.5, 0.6) is 0 Å². The van der Waals surface area contributed by atoms with E-state index < -0.39 is 0 Å². The molecule has 2 N–H and O–H groups in total. The van der Waals surface area contributed by atoms with Gasteiger partial charge in [-0.25, -0.2) is 15.0 Å². The van der Waals surface area contributed by atoms with E-state index in [9.17, 15) is 4.79 Å². The van der Waals surface area contributed by atoms with Crippen molar-refractivity contribution in [2.75, 3.05) is 17.2 Å². The number of pyridine rings is 1. The molecule has 1 amide bonds. The first-order valence-electron chi connectivity index (χ1n) is 9.62. The van der Waals surface area contributed by atoms with Gasteiger partial charge in [-0.2, -0.15) is 0 Å². The Labute approximate surface area is 177 Å². The van der Waals surface area contributed by atoms with Crippen molar-refractivity contribution in [2.24, 2.45) is 0 Å². The SMILES string of the molecule is Cc1cccnc1Nc1nc(-c2sc(NC(=O)C[C@@H]3CCCCO3)nc2C)cs1. The van der Waals surface area contributed by atoms with E-state index in [2.05, 4.69) is 25.6 Å². The van der Waals surface area contributed by atoms with E-state index in [1.54, 1.807) is 6.20 Å². The van der Waals surface area contributed by atoms with Gasteiger partial charge in [0.1, 0.15) is 5.82 Å². The summed E-state index contributed by atoms with van der Waals surface area (Å²) < 4.78 is 5.65. The Hall–Kier alpha value is -2.36. The maximum absolute atomic E-state index is 12.3. The van der Waals surface area contributed by atoms with Gasteiger partial charge in [0.15, 0.2) is 10.3 Å². The van der Waals surface area contributed by atoms with E-state index in [4.69, 9.17) is 4.74 Å². The topological polar surface area (TPSA) is 89.0 Å². The Morgan fingerprint density at radius 1 is 1.28 bits per heavy atom. The Morgan fingerprint density at radius 2 is 2.17 bits per heavy atom. The fourth-order valence-electron chi connectivity index (χ4n) is 3.19. The number of ether oxygens (including phenoxy) is 1. The quantitative estimate of drug-likeness (QED) is 0.578. The Bertz CT molecular complexity index is 994. The van der Waals surface area contributed by atoms with Crippen LogP contribution in [0.2, 0.25) is 0 Å². The molecule has 7 nitrogen and oxygen atoms in total. The average molecular weight is 430 g/mol. The first-order chi connectivity index (χ1) is 14.1. The minimum Gasteiger partial charge on any atom is -0.378 e. The summed E-state index contributed by atoms with van der Waals surface area (Å²) in [5, 5.41) is 9.54. The highest BCUT2D eigenvalue weighted by atomic mass is 32.1. The molecule has 0 radical (unpaired) electrons. The molecule has 0 aromatic carbocycles. The summed E-state index contributed by atoms with van der Waals surface area (Å²) in [7, 11) is 0. The van der Waals surface area contributed by atoms with Gasteiger partial charge in [0, 0.05) is 18.2 Å². The highest BCUT2D eigenvalue weighted by molar-refractivity contribution is 7.20. The van der Waals surface area contributed by atoms with Gasteiger partial charge in [0.2, 0.25) is 5.91 Å². The minimum absolute atomic E-state index is 0.0199. The zero-order valence-electron chi connectivity index (χ0n) is 16.4. The number of nitrogens with one attached hydrogen (secondary N) is 2. The number of rotatable bonds is 6. The number of thiazole rings is 2. The summed E-state index contributed by atoms with van der Waals surface area (Å²) in [5.41, 5.74) is 2.76. The van der Waals surface area contributed by atoms with Crippen molar-refractivity contribution in [2.45, 2.75) is 45.6 Å². The molecule has 0 spiro atoms. The molecular formula is C20H23N5O2S2. The van der Waals surface area contributed by atoms with E-state index >= 15 is 0 Å². The molecule has 9 heteroatoms. The summed E-state index contributed by atoms with van der Waals surface area (Å²) in [6.45, 7) is 4.68. The molecule has 4 rings (SSSR count). The van der Waals surface area contributed by atoms with E-state index in [1.807, 2.05) is 31.4 Å². The highest BCUT2D eigenvalue weighted by Crippen LogP contribution is 2.35. The van der Waals surface area contributed by atoms with Crippen molar-refractivity contribution in [1.29, 1.82) is 0 Å². The highest BCUT2D eigenvalue weighted by Gasteiger charge is 2.20. The summed E-state index contributed by atoms with van der Waals surface area (Å²) in [5.74, 6) is 0.746. The largest absolute Gasteiger partial charge is 0.378 e. The molecule has 3 aromatic rings. The van der Waals surface area contributed by atoms with Crippen LogP contribution in [-0.2, 0) is 9.53 Å². The molecule has 1 aliphatic rings. The third-order valence-electron chi connectivity index (χ3n) is 4.70. The summed E-state index contributed by atoms with van der Waals surface area (Å²) in [6, 6.07) is 3.91. The van der Waals surface area contributed by atoms with Gasteiger partial charge in [0.25, 0.3) is 0 Å². The fraction of sp³-hybridized carbons (Fsp3) is 0.400. The Morgan fingerprint density at radius 3 is 2.97 bits per heavy atom. The lowest BCUT2D eigenvalue weighted by Crippen LogP contribution is -2.25. The number of nitrogens with zero attached hydrogens (tertiary/aromatic N) is 3. The Kier molecular flexibility index (Phi) is 6.17. The van der Waals surface area contributed by atoms with Gasteiger partial charge in [0.05, 0.1) is 28.8 Å². The van der Waals surface area contributed by atoms with Crippen LogP contribution in [0.4, 0.5) is 16.1 Å². The van der Waals surface area contributed by atoms with Gasteiger partial charge in [-0.05, 0) is 44.7 Å². The van der Waals surface area contributed by atoms with Crippen molar-refractivity contribution in [3.8, 4) is 10.6 Å². The number of anilines is 3. The van der Waals surface area contributed by atoms with Crippen molar-refractivity contribution in [1.82, 2.24) is 15.0 Å². The van der Waals surface area contributed by atoms with Crippen LogP contribution in [0, 0.1) is 13.8 Å². The molecule has 1 fully saturated rings. The molecule has 0 unspecified atom stereocenters. The lowest BCUT2D eigenvalue weighted by molar-refractivity contribution is -0.119. The van der Waals surface area contributed by atoms with E-state index in [-0.39, 0.29) is 12.0 Å². The number of hydrogen-bond acceptors (Lipinski definition) is 8. The van der Waals surface area contributed by atoms with Gasteiger partial charge in [-0.15, -0.1) is 11.3 Å². The third-order valence-corrected chi connectivity index (χ3v) is 6.55. The number of amides is 1. The maximum atomic E-state index is 12.3. The van der Waals surface area contributed by atoms with Gasteiger partial charge in [-0.1, -0.05) is 17.4 Å². The number of aromatic nitrogens is 3. The lowest BCUT2D eigenvalue weighted by atomic mass is 10.1. The molecule has 152 valence electrons. The fourth-order valence-corrected chi connectivity index (χ4v) is 4.90. The van der Waals surface area contributed by atoms with Gasteiger partial charge in [-0.3, -0.25) is 4.79 Å². The first-order valence-corrected chi connectivity index (χ1v) is 11.3. The second-order valence-electron chi connectivity index (χ2n) is 7.01. The van der Waals surface area contributed by atoms with Gasteiger partial charge < -0.3 is 15.4 Å². The van der Waals surface area contributed by atoms with E-state index in [0.717, 1.165) is 58.6 Å².